The standard InChI is InChI=1S/C19H25N3O2/c23-18-14-22(11-10-21-18)19(24)17-8-6-16(7-9-17)13-20-12-15-4-2-1-3-5-15/h1-2,6-9,15,20H,3-5,10-14H2,(H,21,23). The number of carbonyl (C=O) groups is 2. The van der Waals surface area contributed by atoms with Crippen LogP contribution in [-0.4, -0.2) is 42.9 Å². The van der Waals surface area contributed by atoms with Gasteiger partial charge in [-0.3, -0.25) is 9.59 Å². The first-order chi connectivity index (χ1) is 11.7. The van der Waals surface area contributed by atoms with E-state index in [9.17, 15) is 9.59 Å². The summed E-state index contributed by atoms with van der Waals surface area (Å²) in [6.45, 7) is 3.11. The van der Waals surface area contributed by atoms with Crippen molar-refractivity contribution in [2.24, 2.45) is 5.92 Å². The first kappa shape index (κ1) is 16.7. The molecule has 1 fully saturated rings. The Bertz CT molecular complexity index is 610. The van der Waals surface area contributed by atoms with E-state index in [2.05, 4.69) is 22.8 Å². The summed E-state index contributed by atoms with van der Waals surface area (Å²) in [7, 11) is 0. The summed E-state index contributed by atoms with van der Waals surface area (Å²) >= 11 is 0. The predicted octanol–water partition coefficient (Wildman–Crippen LogP) is 1.70. The average molecular weight is 327 g/mol. The Hall–Kier alpha value is -2.14. The van der Waals surface area contributed by atoms with Crippen LogP contribution in [-0.2, 0) is 11.3 Å². The third-order valence-corrected chi connectivity index (χ3v) is 4.67. The van der Waals surface area contributed by atoms with Crippen molar-refractivity contribution in [1.82, 2.24) is 15.5 Å². The van der Waals surface area contributed by atoms with Crippen LogP contribution >= 0.6 is 0 Å². The van der Waals surface area contributed by atoms with E-state index in [1.807, 2.05) is 24.3 Å². The molecule has 0 spiro atoms. The van der Waals surface area contributed by atoms with Crippen LogP contribution in [0.1, 0.15) is 35.2 Å². The number of benzene rings is 1. The summed E-state index contributed by atoms with van der Waals surface area (Å²) in [6, 6.07) is 7.69. The van der Waals surface area contributed by atoms with Crippen molar-refractivity contribution in [3.63, 3.8) is 0 Å². The maximum atomic E-state index is 12.4. The van der Waals surface area contributed by atoms with Crippen molar-refractivity contribution in [2.75, 3.05) is 26.2 Å². The third kappa shape index (κ3) is 4.45. The minimum atomic E-state index is -0.0898. The zero-order chi connectivity index (χ0) is 16.8. The summed E-state index contributed by atoms with van der Waals surface area (Å²) in [5, 5.41) is 6.24. The minimum absolute atomic E-state index is 0.0710. The number of hydrogen-bond donors (Lipinski definition) is 2. The van der Waals surface area contributed by atoms with Gasteiger partial charge in [-0.15, -0.1) is 0 Å². The number of piperazine rings is 1. The number of rotatable bonds is 5. The summed E-state index contributed by atoms with van der Waals surface area (Å²) in [5.41, 5.74) is 1.82. The summed E-state index contributed by atoms with van der Waals surface area (Å²) in [6.07, 6.45) is 8.16. The molecule has 2 aliphatic rings. The van der Waals surface area contributed by atoms with Gasteiger partial charge in [-0.05, 0) is 49.4 Å². The molecule has 1 heterocycles. The van der Waals surface area contributed by atoms with Crippen LogP contribution < -0.4 is 10.6 Å². The Morgan fingerprint density at radius 1 is 1.25 bits per heavy atom. The summed E-state index contributed by atoms with van der Waals surface area (Å²) in [5.74, 6) is 0.576. The molecule has 128 valence electrons. The molecule has 3 rings (SSSR count). The van der Waals surface area contributed by atoms with E-state index in [-0.39, 0.29) is 18.4 Å². The van der Waals surface area contributed by atoms with Gasteiger partial charge >= 0.3 is 0 Å². The second-order valence-electron chi connectivity index (χ2n) is 6.55. The first-order valence-corrected chi connectivity index (χ1v) is 8.73. The Balaban J connectivity index is 1.48. The Morgan fingerprint density at radius 2 is 2.08 bits per heavy atom. The Kier molecular flexibility index (Phi) is 5.64. The van der Waals surface area contributed by atoms with Crippen LogP contribution in [0.15, 0.2) is 36.4 Å². The third-order valence-electron chi connectivity index (χ3n) is 4.67. The van der Waals surface area contributed by atoms with Crippen molar-refractivity contribution in [3.05, 3.63) is 47.5 Å². The molecule has 1 atom stereocenters. The highest BCUT2D eigenvalue weighted by atomic mass is 16.2. The fraction of sp³-hybridized carbons (Fsp3) is 0.474. The molecule has 0 bridgehead atoms. The molecule has 5 heteroatoms. The largest absolute Gasteiger partial charge is 0.353 e. The highest BCUT2D eigenvalue weighted by molar-refractivity contribution is 5.97. The van der Waals surface area contributed by atoms with Crippen LogP contribution in [0.25, 0.3) is 0 Å². The molecule has 24 heavy (non-hydrogen) atoms. The predicted molar refractivity (Wildman–Crippen MR) is 93.5 cm³/mol. The molecule has 5 nitrogen and oxygen atoms in total. The Morgan fingerprint density at radius 3 is 2.79 bits per heavy atom. The van der Waals surface area contributed by atoms with E-state index in [1.165, 1.54) is 24.8 Å². The molecule has 1 saturated heterocycles. The molecule has 2 N–H and O–H groups in total. The topological polar surface area (TPSA) is 61.4 Å². The fourth-order valence-electron chi connectivity index (χ4n) is 3.22. The lowest BCUT2D eigenvalue weighted by atomic mass is 9.94. The molecular weight excluding hydrogens is 302 g/mol. The van der Waals surface area contributed by atoms with E-state index in [0.29, 0.717) is 18.7 Å². The highest BCUT2D eigenvalue weighted by Gasteiger charge is 2.22. The molecule has 1 aromatic rings. The highest BCUT2D eigenvalue weighted by Crippen LogP contribution is 2.17. The second-order valence-corrected chi connectivity index (χ2v) is 6.55. The van der Waals surface area contributed by atoms with Gasteiger partial charge in [0.05, 0.1) is 6.54 Å². The van der Waals surface area contributed by atoms with Crippen molar-refractivity contribution < 1.29 is 9.59 Å². The maximum Gasteiger partial charge on any atom is 0.254 e. The van der Waals surface area contributed by atoms with Crippen molar-refractivity contribution in [1.29, 1.82) is 0 Å². The van der Waals surface area contributed by atoms with Crippen LogP contribution in [0.3, 0.4) is 0 Å². The monoisotopic (exact) mass is 327 g/mol. The summed E-state index contributed by atoms with van der Waals surface area (Å²) < 4.78 is 0. The van der Waals surface area contributed by atoms with E-state index < -0.39 is 0 Å². The van der Waals surface area contributed by atoms with Gasteiger partial charge < -0.3 is 15.5 Å². The molecule has 1 aliphatic carbocycles. The average Bonchev–Trinajstić information content (AvgIpc) is 2.63. The number of hydrogen-bond acceptors (Lipinski definition) is 3. The zero-order valence-electron chi connectivity index (χ0n) is 14.0. The van der Waals surface area contributed by atoms with Gasteiger partial charge in [-0.1, -0.05) is 24.3 Å². The first-order valence-electron chi connectivity index (χ1n) is 8.73. The summed E-state index contributed by atoms with van der Waals surface area (Å²) in [4.78, 5) is 25.4. The van der Waals surface area contributed by atoms with E-state index >= 15 is 0 Å². The van der Waals surface area contributed by atoms with Gasteiger partial charge in [-0.2, -0.15) is 0 Å². The Labute approximate surface area is 143 Å². The number of carbonyl (C=O) groups excluding carboxylic acids is 2. The van der Waals surface area contributed by atoms with Gasteiger partial charge in [0.1, 0.15) is 0 Å². The fourth-order valence-corrected chi connectivity index (χ4v) is 3.22. The molecule has 0 radical (unpaired) electrons. The van der Waals surface area contributed by atoms with Gasteiger partial charge in [0.15, 0.2) is 0 Å². The quantitative estimate of drug-likeness (QED) is 0.809. The molecule has 1 unspecified atom stereocenters. The van der Waals surface area contributed by atoms with Crippen molar-refractivity contribution in [2.45, 2.75) is 25.8 Å². The van der Waals surface area contributed by atoms with Gasteiger partial charge in [-0.25, -0.2) is 0 Å². The van der Waals surface area contributed by atoms with E-state index in [0.717, 1.165) is 19.0 Å². The number of nitrogens with zero attached hydrogens (tertiary/aromatic N) is 1. The van der Waals surface area contributed by atoms with Crippen LogP contribution in [0.4, 0.5) is 0 Å². The normalized spacial score (nSPS) is 20.8. The minimum Gasteiger partial charge on any atom is -0.353 e. The van der Waals surface area contributed by atoms with Crippen molar-refractivity contribution in [3.8, 4) is 0 Å². The number of nitrogens with one attached hydrogen (secondary N) is 2. The lowest BCUT2D eigenvalue weighted by molar-refractivity contribution is -0.123. The van der Waals surface area contributed by atoms with Gasteiger partial charge in [0.2, 0.25) is 5.91 Å². The molecule has 2 amide bonds. The molecule has 1 aromatic carbocycles. The van der Waals surface area contributed by atoms with Crippen LogP contribution in [0.5, 0.6) is 0 Å². The maximum absolute atomic E-state index is 12.4. The van der Waals surface area contributed by atoms with Crippen LogP contribution in [0.2, 0.25) is 0 Å². The lowest BCUT2D eigenvalue weighted by Gasteiger charge is -2.26. The molecular formula is C19H25N3O2. The van der Waals surface area contributed by atoms with E-state index in [1.54, 1.807) is 4.90 Å². The lowest BCUT2D eigenvalue weighted by Crippen LogP contribution is -2.49. The molecule has 0 saturated carbocycles. The number of amides is 2. The van der Waals surface area contributed by atoms with Crippen molar-refractivity contribution >= 4 is 11.8 Å². The smallest absolute Gasteiger partial charge is 0.254 e. The molecule has 1 aliphatic heterocycles. The van der Waals surface area contributed by atoms with Crippen LogP contribution in [0, 0.1) is 5.92 Å². The second kappa shape index (κ2) is 8.11. The van der Waals surface area contributed by atoms with Gasteiger partial charge in [0.25, 0.3) is 5.91 Å². The molecule has 0 aromatic heterocycles. The van der Waals surface area contributed by atoms with E-state index in [4.69, 9.17) is 0 Å². The SMILES string of the molecule is O=C1CN(C(=O)c2ccc(CNCC3CC=CCC3)cc2)CCN1. The van der Waals surface area contributed by atoms with Gasteiger partial charge in [0, 0.05) is 25.2 Å². The zero-order valence-corrected chi connectivity index (χ0v) is 14.0. The number of allylic oxidation sites excluding steroid dienone is 2.